The highest BCUT2D eigenvalue weighted by Gasteiger charge is 2.57. The molecular formula is C28H30FN5O3. The Morgan fingerprint density at radius 3 is 2.70 bits per heavy atom. The number of benzene rings is 2. The van der Waals surface area contributed by atoms with Gasteiger partial charge in [0.25, 0.3) is 0 Å². The smallest absolute Gasteiger partial charge is 0.246 e. The molecule has 2 aromatic rings. The Balaban J connectivity index is 1.58. The van der Waals surface area contributed by atoms with Gasteiger partial charge >= 0.3 is 0 Å². The summed E-state index contributed by atoms with van der Waals surface area (Å²) in [7, 11) is 0. The molecule has 192 valence electrons. The Labute approximate surface area is 215 Å². The number of amides is 3. The van der Waals surface area contributed by atoms with E-state index in [1.807, 2.05) is 39.0 Å². The van der Waals surface area contributed by atoms with Crippen molar-refractivity contribution >= 4 is 29.1 Å². The number of likely N-dealkylation sites (tertiary alicyclic amines) is 1. The first-order valence-corrected chi connectivity index (χ1v) is 12.4. The Hall–Kier alpha value is -3.77. The van der Waals surface area contributed by atoms with E-state index in [-0.39, 0.29) is 31.7 Å². The fourth-order valence-corrected chi connectivity index (χ4v) is 5.92. The topological polar surface area (TPSA) is 120 Å². The zero-order valence-corrected chi connectivity index (χ0v) is 21.1. The Morgan fingerprint density at radius 1 is 1.27 bits per heavy atom. The first kappa shape index (κ1) is 24.9. The van der Waals surface area contributed by atoms with Gasteiger partial charge in [0.15, 0.2) is 0 Å². The van der Waals surface area contributed by atoms with Crippen LogP contribution < -0.4 is 16.0 Å². The summed E-state index contributed by atoms with van der Waals surface area (Å²) >= 11 is 0. The van der Waals surface area contributed by atoms with Crippen LogP contribution >= 0.6 is 0 Å². The van der Waals surface area contributed by atoms with E-state index in [9.17, 15) is 24.0 Å². The Morgan fingerprint density at radius 2 is 2.00 bits per heavy atom. The zero-order valence-electron chi connectivity index (χ0n) is 21.1. The van der Waals surface area contributed by atoms with Crippen molar-refractivity contribution in [2.75, 3.05) is 16.8 Å². The lowest BCUT2D eigenvalue weighted by molar-refractivity contribution is -0.136. The minimum atomic E-state index is -1.05. The van der Waals surface area contributed by atoms with Gasteiger partial charge in [0.2, 0.25) is 17.7 Å². The third kappa shape index (κ3) is 4.05. The molecule has 3 aliphatic heterocycles. The van der Waals surface area contributed by atoms with Crippen molar-refractivity contribution in [2.24, 2.45) is 11.1 Å². The molecule has 2 aromatic carbocycles. The lowest BCUT2D eigenvalue weighted by atomic mass is 9.80. The molecule has 5 rings (SSSR count). The Bertz CT molecular complexity index is 1350. The maximum absolute atomic E-state index is 14.3. The molecule has 0 radical (unpaired) electrons. The SMILES string of the molecule is CC(C)(C)C[C@@H](C(=O)N1C[C@]2(C[C@H]1C#N)C(=O)Nc1ccccc12)N1C(=O)[C@@H](N)Cc2ccc(F)cc21. The van der Waals surface area contributed by atoms with Crippen molar-refractivity contribution in [1.29, 1.82) is 5.26 Å². The molecule has 3 aliphatic rings. The number of carbonyl (C=O) groups excluding carboxylic acids is 3. The number of fused-ring (bicyclic) bond motifs is 3. The molecule has 3 heterocycles. The van der Waals surface area contributed by atoms with Crippen molar-refractivity contribution in [3.8, 4) is 6.07 Å². The number of nitriles is 1. The van der Waals surface area contributed by atoms with E-state index in [2.05, 4.69) is 11.4 Å². The molecule has 0 bridgehead atoms. The van der Waals surface area contributed by atoms with Gasteiger partial charge in [-0.05, 0) is 47.6 Å². The van der Waals surface area contributed by atoms with E-state index in [0.29, 0.717) is 16.9 Å². The Kier molecular flexibility index (Phi) is 5.83. The predicted molar refractivity (Wildman–Crippen MR) is 136 cm³/mol. The molecule has 37 heavy (non-hydrogen) atoms. The van der Waals surface area contributed by atoms with E-state index >= 15 is 0 Å². The van der Waals surface area contributed by atoms with E-state index in [1.165, 1.54) is 21.9 Å². The molecule has 8 nitrogen and oxygen atoms in total. The molecule has 1 fully saturated rings. The standard InChI is InChI=1S/C28H30FN5O3/c1-27(2,3)13-23(34-22-11-17(29)9-8-16(22)10-20(31)24(34)35)25(36)33-15-28(12-18(33)14-30)19-6-4-5-7-21(19)32-26(28)37/h4-9,11,18,20,23H,10,12-13,15,31H2,1-3H3,(H,32,37)/t18-,20-,23-,28-/m0/s1. The quantitative estimate of drug-likeness (QED) is 0.668. The van der Waals surface area contributed by atoms with Crippen LogP contribution in [0.4, 0.5) is 15.8 Å². The van der Waals surface area contributed by atoms with Gasteiger partial charge in [0.1, 0.15) is 17.9 Å². The second-order valence-corrected chi connectivity index (χ2v) is 11.5. The van der Waals surface area contributed by atoms with Crippen LogP contribution in [0.15, 0.2) is 42.5 Å². The molecule has 3 amide bonds. The third-order valence-electron chi connectivity index (χ3n) is 7.62. The van der Waals surface area contributed by atoms with Crippen LogP contribution in [0.1, 0.15) is 44.7 Å². The van der Waals surface area contributed by atoms with Crippen molar-refractivity contribution in [3.05, 3.63) is 59.4 Å². The zero-order chi connectivity index (χ0) is 26.7. The van der Waals surface area contributed by atoms with Crippen LogP contribution in [-0.4, -0.2) is 47.3 Å². The fourth-order valence-electron chi connectivity index (χ4n) is 5.92. The number of carbonyl (C=O) groups is 3. The van der Waals surface area contributed by atoms with Crippen molar-refractivity contribution in [1.82, 2.24) is 4.90 Å². The fraction of sp³-hybridized carbons (Fsp3) is 0.429. The number of nitrogens with zero attached hydrogens (tertiary/aromatic N) is 3. The molecule has 4 atom stereocenters. The van der Waals surface area contributed by atoms with Crippen LogP contribution in [0.25, 0.3) is 0 Å². The molecule has 0 aromatic heterocycles. The van der Waals surface area contributed by atoms with Gasteiger partial charge in [0, 0.05) is 18.7 Å². The van der Waals surface area contributed by atoms with E-state index < -0.39 is 46.6 Å². The number of nitrogens with one attached hydrogen (secondary N) is 1. The average Bonchev–Trinajstić information content (AvgIpc) is 3.36. The predicted octanol–water partition coefficient (Wildman–Crippen LogP) is 2.86. The van der Waals surface area contributed by atoms with Gasteiger partial charge in [-0.1, -0.05) is 45.0 Å². The number of hydrogen-bond donors (Lipinski definition) is 2. The van der Waals surface area contributed by atoms with Crippen LogP contribution in [-0.2, 0) is 26.2 Å². The van der Waals surface area contributed by atoms with Gasteiger partial charge in [-0.3, -0.25) is 19.3 Å². The molecule has 0 saturated carbocycles. The number of hydrogen-bond acceptors (Lipinski definition) is 5. The van der Waals surface area contributed by atoms with Gasteiger partial charge in [-0.15, -0.1) is 0 Å². The van der Waals surface area contributed by atoms with E-state index in [0.717, 1.165) is 5.56 Å². The van der Waals surface area contributed by atoms with Gasteiger partial charge < -0.3 is 16.0 Å². The van der Waals surface area contributed by atoms with Crippen LogP contribution in [0, 0.1) is 22.6 Å². The second-order valence-electron chi connectivity index (χ2n) is 11.5. The maximum Gasteiger partial charge on any atom is 0.246 e. The number of rotatable bonds is 3. The lowest BCUT2D eigenvalue weighted by Crippen LogP contribution is -2.59. The number of halogens is 1. The van der Waals surface area contributed by atoms with Crippen molar-refractivity contribution in [3.63, 3.8) is 0 Å². The maximum atomic E-state index is 14.3. The summed E-state index contributed by atoms with van der Waals surface area (Å²) in [6.07, 6.45) is 0.648. The minimum Gasteiger partial charge on any atom is -0.325 e. The number of nitrogens with two attached hydrogens (primary N) is 1. The summed E-state index contributed by atoms with van der Waals surface area (Å²) in [6, 6.07) is 10.9. The van der Waals surface area contributed by atoms with E-state index in [4.69, 9.17) is 5.73 Å². The van der Waals surface area contributed by atoms with Crippen molar-refractivity contribution in [2.45, 2.75) is 63.6 Å². The highest BCUT2D eigenvalue weighted by molar-refractivity contribution is 6.08. The molecule has 1 saturated heterocycles. The third-order valence-corrected chi connectivity index (χ3v) is 7.62. The van der Waals surface area contributed by atoms with Crippen LogP contribution in [0.2, 0.25) is 0 Å². The largest absolute Gasteiger partial charge is 0.325 e. The summed E-state index contributed by atoms with van der Waals surface area (Å²) < 4.78 is 14.3. The molecule has 1 spiro atoms. The normalized spacial score (nSPS) is 25.5. The molecule has 0 aliphatic carbocycles. The number of para-hydroxylation sites is 1. The highest BCUT2D eigenvalue weighted by Crippen LogP contribution is 2.47. The van der Waals surface area contributed by atoms with Gasteiger partial charge in [-0.25, -0.2) is 4.39 Å². The molecule has 0 unspecified atom stereocenters. The number of anilines is 2. The lowest BCUT2D eigenvalue weighted by Gasteiger charge is -2.41. The molecular weight excluding hydrogens is 473 g/mol. The van der Waals surface area contributed by atoms with E-state index in [1.54, 1.807) is 12.1 Å². The first-order valence-electron chi connectivity index (χ1n) is 12.4. The average molecular weight is 504 g/mol. The minimum absolute atomic E-state index is 0.0115. The summed E-state index contributed by atoms with van der Waals surface area (Å²) in [5.74, 6) is -1.69. The molecule has 9 heteroatoms. The van der Waals surface area contributed by atoms with Crippen LogP contribution in [0.3, 0.4) is 0 Å². The van der Waals surface area contributed by atoms with Crippen molar-refractivity contribution < 1.29 is 18.8 Å². The first-order chi connectivity index (χ1) is 17.4. The van der Waals surface area contributed by atoms with Gasteiger partial charge in [0.05, 0.1) is 23.2 Å². The monoisotopic (exact) mass is 503 g/mol. The summed E-state index contributed by atoms with van der Waals surface area (Å²) in [5, 5.41) is 12.9. The molecule has 3 N–H and O–H groups in total. The highest BCUT2D eigenvalue weighted by atomic mass is 19.1. The summed E-state index contributed by atoms with van der Waals surface area (Å²) in [5.41, 5.74) is 7.16. The second kappa shape index (κ2) is 8.67. The van der Waals surface area contributed by atoms with Gasteiger partial charge in [-0.2, -0.15) is 5.26 Å². The van der Waals surface area contributed by atoms with Crippen LogP contribution in [0.5, 0.6) is 0 Å². The summed E-state index contributed by atoms with van der Waals surface area (Å²) in [6.45, 7) is 5.85. The summed E-state index contributed by atoms with van der Waals surface area (Å²) in [4.78, 5) is 43.7.